The van der Waals surface area contributed by atoms with Crippen LogP contribution in [0.3, 0.4) is 0 Å². The van der Waals surface area contributed by atoms with Crippen LogP contribution in [-0.2, 0) is 11.4 Å². The first-order valence-corrected chi connectivity index (χ1v) is 11.5. The standard InChI is InChI=1S/C23H19BrClNO3S/c1-28-20-12-16(11-19(24)22(20)29-13-15-5-3-2-4-6-15)23-26(21(27)14-30-23)18-9-7-17(25)8-10-18/h2-12,23H,13-14H2,1H3/t23-/m1/s1. The summed E-state index contributed by atoms with van der Waals surface area (Å²) in [7, 11) is 1.62. The van der Waals surface area contributed by atoms with E-state index in [1.165, 1.54) is 0 Å². The molecule has 0 unspecified atom stereocenters. The summed E-state index contributed by atoms with van der Waals surface area (Å²) in [6.45, 7) is 0.433. The fraction of sp³-hybridized carbons (Fsp3) is 0.174. The summed E-state index contributed by atoms with van der Waals surface area (Å²) in [6, 6.07) is 21.2. The Balaban J connectivity index is 1.63. The van der Waals surface area contributed by atoms with Crippen molar-refractivity contribution in [1.29, 1.82) is 0 Å². The Bertz CT molecular complexity index is 1050. The van der Waals surface area contributed by atoms with Gasteiger partial charge in [0.15, 0.2) is 11.5 Å². The number of anilines is 1. The first-order valence-electron chi connectivity index (χ1n) is 9.30. The molecule has 1 amide bonds. The van der Waals surface area contributed by atoms with Crippen LogP contribution in [0.1, 0.15) is 16.5 Å². The van der Waals surface area contributed by atoms with Gasteiger partial charge in [-0.3, -0.25) is 9.69 Å². The van der Waals surface area contributed by atoms with E-state index < -0.39 is 0 Å². The van der Waals surface area contributed by atoms with Crippen LogP contribution in [0.2, 0.25) is 5.02 Å². The Morgan fingerprint density at radius 3 is 2.57 bits per heavy atom. The Kier molecular flexibility index (Phi) is 6.56. The molecule has 1 heterocycles. The second-order valence-corrected chi connectivity index (χ2v) is 9.07. The zero-order valence-electron chi connectivity index (χ0n) is 16.2. The number of rotatable bonds is 6. The van der Waals surface area contributed by atoms with Crippen LogP contribution in [0.5, 0.6) is 11.5 Å². The van der Waals surface area contributed by atoms with Gasteiger partial charge in [0, 0.05) is 10.7 Å². The minimum Gasteiger partial charge on any atom is -0.493 e. The number of amides is 1. The number of methoxy groups -OCH3 is 1. The lowest BCUT2D eigenvalue weighted by Crippen LogP contribution is -2.27. The zero-order chi connectivity index (χ0) is 21.1. The molecule has 1 aliphatic rings. The fourth-order valence-corrected chi connectivity index (χ4v) is 5.16. The van der Waals surface area contributed by atoms with Gasteiger partial charge >= 0.3 is 0 Å². The number of carbonyl (C=O) groups is 1. The molecule has 1 atom stereocenters. The second kappa shape index (κ2) is 9.33. The average Bonchev–Trinajstić information content (AvgIpc) is 3.15. The molecule has 1 aliphatic heterocycles. The molecule has 1 saturated heterocycles. The number of carbonyl (C=O) groups excluding carboxylic acids is 1. The van der Waals surface area contributed by atoms with Crippen molar-refractivity contribution in [1.82, 2.24) is 0 Å². The van der Waals surface area contributed by atoms with Crippen LogP contribution in [-0.4, -0.2) is 18.8 Å². The molecule has 4 rings (SSSR count). The third-order valence-electron chi connectivity index (χ3n) is 4.74. The van der Waals surface area contributed by atoms with Crippen LogP contribution in [0.25, 0.3) is 0 Å². The normalized spacial score (nSPS) is 16.0. The van der Waals surface area contributed by atoms with E-state index in [0.29, 0.717) is 28.9 Å². The fourth-order valence-electron chi connectivity index (χ4n) is 3.30. The van der Waals surface area contributed by atoms with Gasteiger partial charge in [-0.25, -0.2) is 0 Å². The van der Waals surface area contributed by atoms with E-state index >= 15 is 0 Å². The summed E-state index contributed by atoms with van der Waals surface area (Å²) in [5, 5.41) is 0.478. The van der Waals surface area contributed by atoms with Crippen LogP contribution in [0.4, 0.5) is 5.69 Å². The average molecular weight is 505 g/mol. The minimum atomic E-state index is -0.160. The molecule has 1 fully saturated rings. The summed E-state index contributed by atoms with van der Waals surface area (Å²) in [4.78, 5) is 14.4. The smallest absolute Gasteiger partial charge is 0.238 e. The van der Waals surface area contributed by atoms with E-state index in [2.05, 4.69) is 15.9 Å². The largest absolute Gasteiger partial charge is 0.493 e. The summed E-state index contributed by atoms with van der Waals surface area (Å²) < 4.78 is 12.4. The summed E-state index contributed by atoms with van der Waals surface area (Å²) >= 11 is 11.2. The highest BCUT2D eigenvalue weighted by Crippen LogP contribution is 2.46. The Hall–Kier alpha value is -2.15. The molecular weight excluding hydrogens is 486 g/mol. The van der Waals surface area contributed by atoms with Crippen molar-refractivity contribution in [3.63, 3.8) is 0 Å². The molecular formula is C23H19BrClNO3S. The van der Waals surface area contributed by atoms with Gasteiger partial charge in [0.1, 0.15) is 12.0 Å². The van der Waals surface area contributed by atoms with Gasteiger partial charge in [0.25, 0.3) is 0 Å². The van der Waals surface area contributed by atoms with Crippen LogP contribution in [0, 0.1) is 0 Å². The van der Waals surface area contributed by atoms with Gasteiger partial charge in [0.05, 0.1) is 17.3 Å². The molecule has 3 aromatic carbocycles. The van der Waals surface area contributed by atoms with Crippen molar-refractivity contribution in [2.75, 3.05) is 17.8 Å². The highest BCUT2D eigenvalue weighted by molar-refractivity contribution is 9.10. The van der Waals surface area contributed by atoms with Crippen LogP contribution in [0.15, 0.2) is 71.2 Å². The SMILES string of the molecule is COc1cc([C@H]2SCC(=O)N2c2ccc(Cl)cc2)cc(Br)c1OCc1ccccc1. The molecule has 0 bridgehead atoms. The van der Waals surface area contributed by atoms with Gasteiger partial charge in [-0.15, -0.1) is 11.8 Å². The lowest BCUT2D eigenvalue weighted by Gasteiger charge is -2.25. The maximum absolute atomic E-state index is 12.6. The number of ether oxygens (including phenoxy) is 2. The van der Waals surface area contributed by atoms with Crippen LogP contribution < -0.4 is 14.4 Å². The minimum absolute atomic E-state index is 0.0619. The van der Waals surface area contributed by atoms with Gasteiger partial charge in [-0.1, -0.05) is 41.9 Å². The molecule has 0 spiro atoms. The van der Waals surface area contributed by atoms with E-state index in [1.807, 2.05) is 54.6 Å². The van der Waals surface area contributed by atoms with Crippen molar-refractivity contribution >= 4 is 50.9 Å². The molecule has 4 nitrogen and oxygen atoms in total. The number of hydrogen-bond acceptors (Lipinski definition) is 4. The number of thioether (sulfide) groups is 1. The summed E-state index contributed by atoms with van der Waals surface area (Å²) in [5.41, 5.74) is 2.84. The first-order chi connectivity index (χ1) is 14.6. The topological polar surface area (TPSA) is 38.8 Å². The second-order valence-electron chi connectivity index (χ2n) is 6.71. The maximum Gasteiger partial charge on any atom is 0.238 e. The van der Waals surface area contributed by atoms with E-state index in [0.717, 1.165) is 21.3 Å². The molecule has 30 heavy (non-hydrogen) atoms. The van der Waals surface area contributed by atoms with E-state index in [9.17, 15) is 4.79 Å². The zero-order valence-corrected chi connectivity index (χ0v) is 19.3. The molecule has 3 aromatic rings. The van der Waals surface area contributed by atoms with Gasteiger partial charge < -0.3 is 9.47 Å². The van der Waals surface area contributed by atoms with Crippen molar-refractivity contribution in [2.24, 2.45) is 0 Å². The first kappa shape index (κ1) is 21.1. The number of halogens is 2. The third-order valence-corrected chi connectivity index (χ3v) is 6.79. The molecule has 154 valence electrons. The van der Waals surface area contributed by atoms with E-state index in [-0.39, 0.29) is 11.3 Å². The number of nitrogens with zero attached hydrogens (tertiary/aromatic N) is 1. The lowest BCUT2D eigenvalue weighted by molar-refractivity contribution is -0.115. The summed E-state index contributed by atoms with van der Waals surface area (Å²) in [6.07, 6.45) is 0. The van der Waals surface area contributed by atoms with E-state index in [1.54, 1.807) is 35.9 Å². The van der Waals surface area contributed by atoms with Crippen molar-refractivity contribution in [2.45, 2.75) is 12.0 Å². The summed E-state index contributed by atoms with van der Waals surface area (Å²) in [5.74, 6) is 1.73. The number of benzene rings is 3. The molecule has 0 aliphatic carbocycles. The molecule has 7 heteroatoms. The monoisotopic (exact) mass is 503 g/mol. The number of hydrogen-bond donors (Lipinski definition) is 0. The Morgan fingerprint density at radius 1 is 1.13 bits per heavy atom. The van der Waals surface area contributed by atoms with Crippen molar-refractivity contribution in [3.05, 3.63) is 87.4 Å². The Morgan fingerprint density at radius 2 is 1.87 bits per heavy atom. The maximum atomic E-state index is 12.6. The molecule has 0 saturated carbocycles. The molecule has 0 aromatic heterocycles. The van der Waals surface area contributed by atoms with Gasteiger partial charge in [0.2, 0.25) is 5.91 Å². The molecule has 0 N–H and O–H groups in total. The predicted molar refractivity (Wildman–Crippen MR) is 126 cm³/mol. The van der Waals surface area contributed by atoms with Crippen LogP contribution >= 0.6 is 39.3 Å². The van der Waals surface area contributed by atoms with Crippen molar-refractivity contribution in [3.8, 4) is 11.5 Å². The van der Waals surface area contributed by atoms with E-state index in [4.69, 9.17) is 21.1 Å². The van der Waals surface area contributed by atoms with Gasteiger partial charge in [-0.2, -0.15) is 0 Å². The van der Waals surface area contributed by atoms with Gasteiger partial charge in [-0.05, 0) is 63.5 Å². The highest BCUT2D eigenvalue weighted by atomic mass is 79.9. The third kappa shape index (κ3) is 4.46. The quantitative estimate of drug-likeness (QED) is 0.386. The predicted octanol–water partition coefficient (Wildman–Crippen LogP) is 6.47. The van der Waals surface area contributed by atoms with Crippen molar-refractivity contribution < 1.29 is 14.3 Å². The molecule has 0 radical (unpaired) electrons. The Labute approximate surface area is 193 Å². The highest BCUT2D eigenvalue weighted by Gasteiger charge is 2.35. The lowest BCUT2D eigenvalue weighted by atomic mass is 10.1.